The number of hydrogen-bond donors (Lipinski definition) is 2. The SMILES string of the molecule is CC(=O)O[C@@H]1O[C@H](CNC(=O)c2ccccc2NC(=O)OC(C)(C)C)[C@@H](OC(C)=O)[C@H](OC(C)=O)[C@H]1OC(C)=O. The first-order valence-electron chi connectivity index (χ1n) is 12.3. The highest BCUT2D eigenvalue weighted by atomic mass is 16.7. The van der Waals surface area contributed by atoms with Crippen LogP contribution in [0.5, 0.6) is 0 Å². The Balaban J connectivity index is 2.34. The molecule has 0 aliphatic carbocycles. The molecule has 2 rings (SSSR count). The van der Waals surface area contributed by atoms with Crippen LogP contribution in [-0.4, -0.2) is 78.7 Å². The zero-order valence-corrected chi connectivity index (χ0v) is 23.3. The third-order valence-electron chi connectivity index (χ3n) is 5.05. The number of rotatable bonds is 8. The number of carbonyl (C=O) groups excluding carboxylic acids is 6. The number of benzene rings is 1. The van der Waals surface area contributed by atoms with Crippen molar-refractivity contribution in [2.75, 3.05) is 11.9 Å². The second-order valence-corrected chi connectivity index (χ2v) is 9.76. The number of esters is 4. The molecule has 220 valence electrons. The molecular formula is C26H34N2O12. The highest BCUT2D eigenvalue weighted by Gasteiger charge is 2.53. The molecule has 0 aromatic heterocycles. The summed E-state index contributed by atoms with van der Waals surface area (Å²) in [4.78, 5) is 72.8. The van der Waals surface area contributed by atoms with E-state index in [1.807, 2.05) is 0 Å². The van der Waals surface area contributed by atoms with Gasteiger partial charge in [-0.3, -0.25) is 29.3 Å². The lowest BCUT2D eigenvalue weighted by Crippen LogP contribution is -2.64. The normalized spacial score (nSPS) is 22.2. The van der Waals surface area contributed by atoms with Gasteiger partial charge in [-0.15, -0.1) is 0 Å². The summed E-state index contributed by atoms with van der Waals surface area (Å²) < 4.78 is 32.0. The molecular weight excluding hydrogens is 532 g/mol. The van der Waals surface area contributed by atoms with E-state index in [9.17, 15) is 28.8 Å². The lowest BCUT2D eigenvalue weighted by molar-refractivity contribution is -0.294. The van der Waals surface area contributed by atoms with Gasteiger partial charge in [0.2, 0.25) is 12.4 Å². The van der Waals surface area contributed by atoms with Gasteiger partial charge in [0.25, 0.3) is 5.91 Å². The lowest BCUT2D eigenvalue weighted by atomic mass is 9.97. The fourth-order valence-electron chi connectivity index (χ4n) is 3.77. The summed E-state index contributed by atoms with van der Waals surface area (Å²) in [7, 11) is 0. The van der Waals surface area contributed by atoms with Gasteiger partial charge >= 0.3 is 30.0 Å². The minimum Gasteiger partial charge on any atom is -0.456 e. The van der Waals surface area contributed by atoms with E-state index in [-0.39, 0.29) is 17.8 Å². The van der Waals surface area contributed by atoms with Gasteiger partial charge in [0.05, 0.1) is 11.3 Å². The Hall–Kier alpha value is -4.20. The van der Waals surface area contributed by atoms with Crippen LogP contribution in [0.25, 0.3) is 0 Å². The molecule has 14 heteroatoms. The summed E-state index contributed by atoms with van der Waals surface area (Å²) in [5.41, 5.74) is -0.549. The van der Waals surface area contributed by atoms with E-state index in [2.05, 4.69) is 10.6 Å². The molecule has 40 heavy (non-hydrogen) atoms. The number of hydrogen-bond acceptors (Lipinski definition) is 12. The molecule has 0 radical (unpaired) electrons. The van der Waals surface area contributed by atoms with Gasteiger partial charge in [-0.25, -0.2) is 4.79 Å². The van der Waals surface area contributed by atoms with Gasteiger partial charge in [0.1, 0.15) is 11.7 Å². The van der Waals surface area contributed by atoms with Crippen LogP contribution in [0.4, 0.5) is 10.5 Å². The number of carbonyl (C=O) groups is 6. The maximum absolute atomic E-state index is 13.1. The van der Waals surface area contributed by atoms with Gasteiger partial charge in [-0.1, -0.05) is 12.1 Å². The summed E-state index contributed by atoms with van der Waals surface area (Å²) in [6.45, 7) is 9.05. The van der Waals surface area contributed by atoms with Crippen LogP contribution in [0.3, 0.4) is 0 Å². The van der Waals surface area contributed by atoms with Gasteiger partial charge in [0, 0.05) is 34.2 Å². The third-order valence-corrected chi connectivity index (χ3v) is 5.05. The van der Waals surface area contributed by atoms with Crippen LogP contribution in [0.15, 0.2) is 24.3 Å². The van der Waals surface area contributed by atoms with Crippen molar-refractivity contribution < 1.29 is 57.2 Å². The van der Waals surface area contributed by atoms with Crippen molar-refractivity contribution in [2.45, 2.75) is 84.8 Å². The Morgan fingerprint density at radius 3 is 1.85 bits per heavy atom. The van der Waals surface area contributed by atoms with E-state index < -0.39 is 72.2 Å². The van der Waals surface area contributed by atoms with Crippen LogP contribution in [0.2, 0.25) is 0 Å². The molecule has 0 unspecified atom stereocenters. The highest BCUT2D eigenvalue weighted by Crippen LogP contribution is 2.30. The first kappa shape index (κ1) is 32.0. The first-order valence-corrected chi connectivity index (χ1v) is 12.3. The number of amides is 2. The van der Waals surface area contributed by atoms with Crippen LogP contribution in [-0.2, 0) is 47.6 Å². The van der Waals surface area contributed by atoms with Crippen LogP contribution >= 0.6 is 0 Å². The Labute approximate surface area is 230 Å². The van der Waals surface area contributed by atoms with Crippen molar-refractivity contribution in [2.24, 2.45) is 0 Å². The zero-order chi connectivity index (χ0) is 30.2. The largest absolute Gasteiger partial charge is 0.456 e. The molecule has 0 bridgehead atoms. The Kier molecular flexibility index (Phi) is 11.0. The standard InChI is InChI=1S/C26H34N2O12/c1-13(29)35-20-19(39-24(38-16(4)32)22(37-15(3)31)21(20)36-14(2)30)12-27-23(33)17-10-8-9-11-18(17)28-25(34)40-26(5,6)7/h8-11,19-22,24H,12H2,1-7H3,(H,27,33)(H,28,34)/t19-,20-,21+,22-,24-/m1/s1. The van der Waals surface area contributed by atoms with Crippen molar-refractivity contribution in [1.82, 2.24) is 5.32 Å². The average Bonchev–Trinajstić information content (AvgIpc) is 2.79. The molecule has 1 aliphatic rings. The molecule has 1 fully saturated rings. The van der Waals surface area contributed by atoms with E-state index in [1.54, 1.807) is 32.9 Å². The van der Waals surface area contributed by atoms with E-state index in [0.29, 0.717) is 0 Å². The minimum atomic E-state index is -1.57. The molecule has 1 aliphatic heterocycles. The molecule has 2 N–H and O–H groups in total. The Bertz CT molecular complexity index is 1130. The predicted octanol–water partition coefficient (Wildman–Crippen LogP) is 1.85. The molecule has 14 nitrogen and oxygen atoms in total. The second kappa shape index (κ2) is 13.7. The average molecular weight is 567 g/mol. The predicted molar refractivity (Wildman–Crippen MR) is 136 cm³/mol. The topological polar surface area (TPSA) is 182 Å². The molecule has 1 aromatic rings. The van der Waals surface area contributed by atoms with Crippen LogP contribution < -0.4 is 10.6 Å². The molecule has 5 atom stereocenters. The monoisotopic (exact) mass is 566 g/mol. The summed E-state index contributed by atoms with van der Waals surface area (Å²) in [6, 6.07) is 6.13. The number of anilines is 1. The van der Waals surface area contributed by atoms with Crippen molar-refractivity contribution in [3.05, 3.63) is 29.8 Å². The summed E-state index contributed by atoms with van der Waals surface area (Å²) in [6.07, 6.45) is -7.90. The molecule has 1 saturated heterocycles. The number of nitrogens with one attached hydrogen (secondary N) is 2. The van der Waals surface area contributed by atoms with E-state index in [4.69, 9.17) is 28.4 Å². The van der Waals surface area contributed by atoms with E-state index in [1.165, 1.54) is 12.1 Å². The first-order chi connectivity index (χ1) is 18.6. The fraction of sp³-hybridized carbons (Fsp3) is 0.538. The van der Waals surface area contributed by atoms with Crippen LogP contribution in [0, 0.1) is 0 Å². The maximum atomic E-state index is 13.1. The fourth-order valence-corrected chi connectivity index (χ4v) is 3.77. The minimum absolute atomic E-state index is 0.0686. The van der Waals surface area contributed by atoms with Gasteiger partial charge < -0.3 is 33.7 Å². The molecule has 0 saturated carbocycles. The third kappa shape index (κ3) is 9.84. The van der Waals surface area contributed by atoms with Gasteiger partial charge in [-0.2, -0.15) is 0 Å². The van der Waals surface area contributed by atoms with Crippen molar-refractivity contribution in [1.29, 1.82) is 0 Å². The quantitative estimate of drug-likeness (QED) is 0.345. The molecule has 1 heterocycles. The summed E-state index contributed by atoms with van der Waals surface area (Å²) in [5.74, 6) is -3.88. The smallest absolute Gasteiger partial charge is 0.412 e. The Morgan fingerprint density at radius 2 is 1.30 bits per heavy atom. The number of para-hydroxylation sites is 1. The molecule has 1 aromatic carbocycles. The molecule has 0 spiro atoms. The summed E-state index contributed by atoms with van der Waals surface area (Å²) >= 11 is 0. The van der Waals surface area contributed by atoms with Crippen molar-refractivity contribution in [3.63, 3.8) is 0 Å². The van der Waals surface area contributed by atoms with Crippen molar-refractivity contribution >= 4 is 41.6 Å². The maximum Gasteiger partial charge on any atom is 0.412 e. The second-order valence-electron chi connectivity index (χ2n) is 9.76. The van der Waals surface area contributed by atoms with Gasteiger partial charge in [-0.05, 0) is 32.9 Å². The van der Waals surface area contributed by atoms with Gasteiger partial charge in [0.15, 0.2) is 12.2 Å². The summed E-state index contributed by atoms with van der Waals surface area (Å²) in [5, 5.41) is 5.12. The van der Waals surface area contributed by atoms with E-state index in [0.717, 1.165) is 27.7 Å². The number of ether oxygens (including phenoxy) is 6. The Morgan fingerprint density at radius 1 is 0.775 bits per heavy atom. The van der Waals surface area contributed by atoms with Crippen molar-refractivity contribution in [3.8, 4) is 0 Å². The molecule has 2 amide bonds. The zero-order valence-electron chi connectivity index (χ0n) is 23.3. The lowest BCUT2D eigenvalue weighted by Gasteiger charge is -2.43. The van der Waals surface area contributed by atoms with E-state index >= 15 is 0 Å². The highest BCUT2D eigenvalue weighted by molar-refractivity contribution is 6.02. The van der Waals surface area contributed by atoms with Crippen LogP contribution in [0.1, 0.15) is 58.8 Å².